The Kier molecular flexibility index (Phi) is 5.36. The molecule has 1 atom stereocenters. The first-order chi connectivity index (χ1) is 12.5. The van der Waals surface area contributed by atoms with Crippen molar-refractivity contribution >= 4 is 6.08 Å². The number of hydrogen-bond acceptors (Lipinski definition) is 1. The molecule has 27 heavy (non-hydrogen) atoms. The number of allylic oxidation sites excluding steroid dienone is 1. The van der Waals surface area contributed by atoms with Crippen molar-refractivity contribution in [2.24, 2.45) is 11.8 Å². The quantitative estimate of drug-likeness (QED) is 0.401. The van der Waals surface area contributed by atoms with Crippen LogP contribution in [-0.2, 0) is 17.1 Å². The third-order valence-corrected chi connectivity index (χ3v) is 5.45. The molecule has 2 aliphatic rings. The van der Waals surface area contributed by atoms with E-state index in [-0.39, 0.29) is 18.1 Å². The van der Waals surface area contributed by atoms with Gasteiger partial charge in [0.15, 0.2) is 0 Å². The number of hydrogen-bond donors (Lipinski definition) is 0. The Labute approximate surface area is 154 Å². The van der Waals surface area contributed by atoms with Crippen molar-refractivity contribution < 1.29 is 31.1 Å². The third-order valence-electron chi connectivity index (χ3n) is 5.45. The SMILES string of the molecule is Cc1cc(C2CO2)c(C(F)(F)F)c(C(F)(F)F)c1/C=C/C1CCC(C)CC1. The lowest BCUT2D eigenvalue weighted by molar-refractivity contribution is -0.162. The van der Waals surface area contributed by atoms with Gasteiger partial charge in [0.1, 0.15) is 6.10 Å². The summed E-state index contributed by atoms with van der Waals surface area (Å²) in [5.41, 5.74) is -3.84. The molecule has 150 valence electrons. The topological polar surface area (TPSA) is 12.5 Å². The van der Waals surface area contributed by atoms with Crippen LogP contribution in [0.2, 0.25) is 0 Å². The monoisotopic (exact) mass is 392 g/mol. The molecule has 1 saturated carbocycles. The highest BCUT2D eigenvalue weighted by Gasteiger charge is 2.49. The van der Waals surface area contributed by atoms with Crippen LogP contribution in [0.4, 0.5) is 26.3 Å². The molecule has 1 aliphatic carbocycles. The lowest BCUT2D eigenvalue weighted by Gasteiger charge is -2.25. The molecule has 1 heterocycles. The summed E-state index contributed by atoms with van der Waals surface area (Å²) in [6, 6.07) is 1.19. The van der Waals surface area contributed by atoms with E-state index >= 15 is 0 Å². The standard InChI is InChI=1S/C20H22F6O/c1-11-3-5-13(6-4-11)7-8-14-12(2)9-15(16-10-27-16)18(20(24,25)26)17(14)19(21,22)23/h7-9,11,13,16H,3-6,10H2,1-2H3/b8-7+. The van der Waals surface area contributed by atoms with Gasteiger partial charge in [-0.25, -0.2) is 0 Å². The van der Waals surface area contributed by atoms with Crippen LogP contribution >= 0.6 is 0 Å². The van der Waals surface area contributed by atoms with E-state index in [4.69, 9.17) is 4.74 Å². The maximum absolute atomic E-state index is 13.7. The number of epoxide rings is 1. The molecule has 1 saturated heterocycles. The summed E-state index contributed by atoms with van der Waals surface area (Å²) in [6.07, 6.45) is -4.60. The fourth-order valence-electron chi connectivity index (χ4n) is 3.87. The van der Waals surface area contributed by atoms with Crippen LogP contribution in [0, 0.1) is 18.8 Å². The molecule has 1 aliphatic heterocycles. The van der Waals surface area contributed by atoms with Crippen LogP contribution in [0.5, 0.6) is 0 Å². The summed E-state index contributed by atoms with van der Waals surface area (Å²) >= 11 is 0. The molecule has 3 rings (SSSR count). The molecule has 0 amide bonds. The number of alkyl halides is 6. The van der Waals surface area contributed by atoms with E-state index in [1.165, 1.54) is 19.1 Å². The highest BCUT2D eigenvalue weighted by molar-refractivity contribution is 5.64. The molecular weight excluding hydrogens is 370 g/mol. The molecule has 2 fully saturated rings. The molecule has 0 bridgehead atoms. The molecule has 1 nitrogen and oxygen atoms in total. The van der Waals surface area contributed by atoms with Crippen molar-refractivity contribution in [2.45, 2.75) is 58.0 Å². The zero-order chi connectivity index (χ0) is 20.0. The second kappa shape index (κ2) is 7.15. The van der Waals surface area contributed by atoms with Crippen LogP contribution in [0.25, 0.3) is 6.08 Å². The predicted molar refractivity (Wildman–Crippen MR) is 90.0 cm³/mol. The van der Waals surface area contributed by atoms with E-state index in [1.54, 1.807) is 6.08 Å². The van der Waals surface area contributed by atoms with Crippen LogP contribution in [-0.4, -0.2) is 6.61 Å². The minimum Gasteiger partial charge on any atom is -0.368 e. The predicted octanol–water partition coefficient (Wildman–Crippen LogP) is 6.94. The molecular formula is C20H22F6O. The van der Waals surface area contributed by atoms with Gasteiger partial charge >= 0.3 is 12.4 Å². The summed E-state index contributed by atoms with van der Waals surface area (Å²) in [5, 5.41) is 0. The summed E-state index contributed by atoms with van der Waals surface area (Å²) in [4.78, 5) is 0. The van der Waals surface area contributed by atoms with Gasteiger partial charge < -0.3 is 4.74 Å². The van der Waals surface area contributed by atoms with E-state index in [0.717, 1.165) is 25.7 Å². The van der Waals surface area contributed by atoms with Gasteiger partial charge in [-0.2, -0.15) is 26.3 Å². The summed E-state index contributed by atoms with van der Waals surface area (Å²) in [5.74, 6) is 0.680. The molecule has 1 aromatic rings. The number of aryl methyl sites for hydroxylation is 1. The van der Waals surface area contributed by atoms with Gasteiger partial charge in [-0.05, 0) is 48.3 Å². The van der Waals surface area contributed by atoms with E-state index < -0.39 is 40.7 Å². The molecule has 1 aromatic carbocycles. The van der Waals surface area contributed by atoms with E-state index in [2.05, 4.69) is 6.92 Å². The van der Waals surface area contributed by atoms with E-state index in [9.17, 15) is 26.3 Å². The molecule has 0 N–H and O–H groups in total. The lowest BCUT2D eigenvalue weighted by Crippen LogP contribution is -2.21. The second-order valence-electron chi connectivity index (χ2n) is 7.64. The number of rotatable bonds is 3. The first-order valence-corrected chi connectivity index (χ1v) is 9.10. The first-order valence-electron chi connectivity index (χ1n) is 9.10. The number of halogens is 6. The fourth-order valence-corrected chi connectivity index (χ4v) is 3.87. The molecule has 1 unspecified atom stereocenters. The largest absolute Gasteiger partial charge is 0.417 e. The third kappa shape index (κ3) is 4.50. The van der Waals surface area contributed by atoms with Crippen molar-refractivity contribution in [3.63, 3.8) is 0 Å². The highest BCUT2D eigenvalue weighted by atomic mass is 19.4. The zero-order valence-electron chi connectivity index (χ0n) is 15.2. The van der Waals surface area contributed by atoms with Gasteiger partial charge in [-0.3, -0.25) is 0 Å². The molecule has 0 spiro atoms. The van der Waals surface area contributed by atoms with Gasteiger partial charge in [0.05, 0.1) is 17.7 Å². The first kappa shape index (κ1) is 20.2. The average molecular weight is 392 g/mol. The van der Waals surface area contributed by atoms with Gasteiger partial charge in [-0.15, -0.1) is 0 Å². The smallest absolute Gasteiger partial charge is 0.368 e. The van der Waals surface area contributed by atoms with Crippen LogP contribution in [0.3, 0.4) is 0 Å². The Bertz CT molecular complexity index is 719. The van der Waals surface area contributed by atoms with Crippen molar-refractivity contribution in [3.05, 3.63) is 40.0 Å². The maximum atomic E-state index is 13.7. The second-order valence-corrected chi connectivity index (χ2v) is 7.64. The summed E-state index contributed by atoms with van der Waals surface area (Å²) in [7, 11) is 0. The summed E-state index contributed by atoms with van der Waals surface area (Å²) < 4.78 is 86.8. The highest BCUT2D eigenvalue weighted by Crippen LogP contribution is 2.49. The molecule has 0 aromatic heterocycles. The van der Waals surface area contributed by atoms with Crippen LogP contribution < -0.4 is 0 Å². The molecule has 0 radical (unpaired) electrons. The Morgan fingerprint density at radius 1 is 0.963 bits per heavy atom. The number of benzene rings is 1. The Hall–Kier alpha value is -1.50. The lowest BCUT2D eigenvalue weighted by atomic mass is 9.82. The Morgan fingerprint density at radius 3 is 2.00 bits per heavy atom. The Morgan fingerprint density at radius 2 is 1.52 bits per heavy atom. The van der Waals surface area contributed by atoms with E-state index in [0.29, 0.717) is 5.92 Å². The van der Waals surface area contributed by atoms with Crippen molar-refractivity contribution in [1.82, 2.24) is 0 Å². The van der Waals surface area contributed by atoms with Crippen molar-refractivity contribution in [2.75, 3.05) is 6.61 Å². The van der Waals surface area contributed by atoms with Crippen LogP contribution in [0.15, 0.2) is 12.1 Å². The summed E-state index contributed by atoms with van der Waals surface area (Å²) in [6.45, 7) is 3.55. The van der Waals surface area contributed by atoms with Gasteiger partial charge in [0.2, 0.25) is 0 Å². The van der Waals surface area contributed by atoms with Crippen LogP contribution in [0.1, 0.15) is 66.5 Å². The molecule has 7 heteroatoms. The van der Waals surface area contributed by atoms with E-state index in [1.807, 2.05) is 0 Å². The van der Waals surface area contributed by atoms with Gasteiger partial charge in [0, 0.05) is 0 Å². The van der Waals surface area contributed by atoms with Crippen molar-refractivity contribution in [3.8, 4) is 0 Å². The van der Waals surface area contributed by atoms with Gasteiger partial charge in [-0.1, -0.05) is 38.0 Å². The maximum Gasteiger partial charge on any atom is 0.417 e. The average Bonchev–Trinajstić information content (AvgIpc) is 3.37. The minimum absolute atomic E-state index is 0.00919. The van der Waals surface area contributed by atoms with Gasteiger partial charge in [0.25, 0.3) is 0 Å². The number of ether oxygens (including phenoxy) is 1. The minimum atomic E-state index is -5.11. The Balaban J connectivity index is 2.10. The van der Waals surface area contributed by atoms with Crippen molar-refractivity contribution in [1.29, 1.82) is 0 Å². The fraction of sp³-hybridized carbons (Fsp3) is 0.600. The normalized spacial score (nSPS) is 26.6. The zero-order valence-corrected chi connectivity index (χ0v) is 15.2.